The summed E-state index contributed by atoms with van der Waals surface area (Å²) in [6, 6.07) is 7.28. The van der Waals surface area contributed by atoms with Crippen molar-refractivity contribution in [2.75, 3.05) is 0 Å². The predicted molar refractivity (Wildman–Crippen MR) is 63.6 cm³/mol. The van der Waals surface area contributed by atoms with Crippen molar-refractivity contribution in [1.29, 1.82) is 5.26 Å². The van der Waals surface area contributed by atoms with Crippen LogP contribution in [0.2, 0.25) is 5.02 Å². The Labute approximate surface area is 97.3 Å². The van der Waals surface area contributed by atoms with Gasteiger partial charge in [0.2, 0.25) is 0 Å². The Morgan fingerprint density at radius 1 is 1.50 bits per heavy atom. The molecule has 0 saturated heterocycles. The molecule has 2 aromatic rings. The van der Waals surface area contributed by atoms with Gasteiger partial charge in [0, 0.05) is 16.0 Å². The van der Waals surface area contributed by atoms with Crippen LogP contribution in [0.4, 0.5) is 0 Å². The van der Waals surface area contributed by atoms with E-state index in [1.54, 1.807) is 12.1 Å². The number of nitriles is 1. The fourth-order valence-corrected chi connectivity index (χ4v) is 1.87. The third-order valence-electron chi connectivity index (χ3n) is 2.52. The van der Waals surface area contributed by atoms with Gasteiger partial charge in [0.25, 0.3) is 5.56 Å². The van der Waals surface area contributed by atoms with E-state index in [1.807, 2.05) is 19.1 Å². The zero-order valence-corrected chi connectivity index (χ0v) is 9.43. The average Bonchev–Trinajstić information content (AvgIpc) is 2.26. The van der Waals surface area contributed by atoms with Crippen LogP contribution in [-0.2, 0) is 6.42 Å². The number of aromatic amines is 1. The van der Waals surface area contributed by atoms with Crippen LogP contribution in [0.25, 0.3) is 10.9 Å². The van der Waals surface area contributed by atoms with E-state index in [1.165, 1.54) is 0 Å². The van der Waals surface area contributed by atoms with Crippen LogP contribution in [0.5, 0.6) is 0 Å². The zero-order chi connectivity index (χ0) is 11.7. The maximum absolute atomic E-state index is 11.6. The third-order valence-corrected chi connectivity index (χ3v) is 2.85. The number of nitrogens with one attached hydrogen (secondary N) is 1. The fourth-order valence-electron chi connectivity index (χ4n) is 1.66. The average molecular weight is 233 g/mol. The Morgan fingerprint density at radius 2 is 2.25 bits per heavy atom. The number of fused-ring (bicyclic) bond motifs is 1. The van der Waals surface area contributed by atoms with Crippen molar-refractivity contribution < 1.29 is 0 Å². The van der Waals surface area contributed by atoms with Crippen LogP contribution in [0.3, 0.4) is 0 Å². The van der Waals surface area contributed by atoms with Crippen molar-refractivity contribution in [2.45, 2.75) is 13.3 Å². The predicted octanol–water partition coefficient (Wildman–Crippen LogP) is 2.56. The summed E-state index contributed by atoms with van der Waals surface area (Å²) in [7, 11) is 0. The van der Waals surface area contributed by atoms with Crippen LogP contribution in [0, 0.1) is 18.3 Å². The smallest absolute Gasteiger partial charge is 0.252 e. The number of hydrogen-bond donors (Lipinski definition) is 1. The van der Waals surface area contributed by atoms with Crippen LogP contribution in [-0.4, -0.2) is 4.98 Å². The second-order valence-electron chi connectivity index (χ2n) is 3.61. The maximum Gasteiger partial charge on any atom is 0.252 e. The lowest BCUT2D eigenvalue weighted by Gasteiger charge is -2.05. The van der Waals surface area contributed by atoms with Crippen molar-refractivity contribution in [1.82, 2.24) is 4.98 Å². The molecule has 0 atom stereocenters. The minimum Gasteiger partial charge on any atom is -0.321 e. The minimum atomic E-state index is -0.223. The Bertz CT molecular complexity index is 652. The third kappa shape index (κ3) is 1.68. The van der Waals surface area contributed by atoms with E-state index >= 15 is 0 Å². The van der Waals surface area contributed by atoms with Crippen LogP contribution >= 0.6 is 11.6 Å². The van der Waals surface area contributed by atoms with Crippen LogP contribution in [0.1, 0.15) is 11.1 Å². The summed E-state index contributed by atoms with van der Waals surface area (Å²) in [5.41, 5.74) is 1.92. The van der Waals surface area contributed by atoms with E-state index in [-0.39, 0.29) is 12.0 Å². The molecule has 0 unspecified atom stereocenters. The maximum atomic E-state index is 11.6. The van der Waals surface area contributed by atoms with Gasteiger partial charge in [0.15, 0.2) is 0 Å². The number of nitrogens with zero attached hydrogens (tertiary/aromatic N) is 1. The summed E-state index contributed by atoms with van der Waals surface area (Å²) < 4.78 is 0. The highest BCUT2D eigenvalue weighted by Crippen LogP contribution is 2.24. The number of halogens is 1. The summed E-state index contributed by atoms with van der Waals surface area (Å²) in [5.74, 6) is 0. The van der Waals surface area contributed by atoms with Gasteiger partial charge in [-0.1, -0.05) is 17.7 Å². The van der Waals surface area contributed by atoms with Crippen molar-refractivity contribution in [3.63, 3.8) is 0 Å². The molecular weight excluding hydrogens is 224 g/mol. The molecule has 80 valence electrons. The molecule has 0 radical (unpaired) electrons. The van der Waals surface area contributed by atoms with Gasteiger partial charge in [-0.15, -0.1) is 0 Å². The number of rotatable bonds is 1. The van der Waals surface area contributed by atoms with E-state index in [4.69, 9.17) is 16.9 Å². The van der Waals surface area contributed by atoms with Crippen molar-refractivity contribution in [2.24, 2.45) is 0 Å². The first-order valence-corrected chi connectivity index (χ1v) is 5.19. The Hall–Kier alpha value is -1.79. The molecule has 0 aliphatic carbocycles. The van der Waals surface area contributed by atoms with Gasteiger partial charge < -0.3 is 4.98 Å². The fraction of sp³-hybridized carbons (Fsp3) is 0.167. The Morgan fingerprint density at radius 3 is 2.94 bits per heavy atom. The molecule has 0 spiro atoms. The molecule has 0 bridgehead atoms. The Kier molecular flexibility index (Phi) is 2.67. The lowest BCUT2D eigenvalue weighted by atomic mass is 10.1. The van der Waals surface area contributed by atoms with E-state index in [0.29, 0.717) is 10.6 Å². The number of pyridine rings is 1. The molecule has 0 aliphatic heterocycles. The number of aromatic nitrogens is 1. The molecule has 0 aliphatic rings. The van der Waals surface area contributed by atoms with Gasteiger partial charge >= 0.3 is 0 Å². The van der Waals surface area contributed by atoms with Gasteiger partial charge in [-0.05, 0) is 24.6 Å². The molecule has 4 heteroatoms. The number of hydrogen-bond acceptors (Lipinski definition) is 2. The minimum absolute atomic E-state index is 0.0928. The van der Waals surface area contributed by atoms with E-state index in [2.05, 4.69) is 4.98 Å². The highest BCUT2D eigenvalue weighted by atomic mass is 35.5. The molecule has 3 nitrogen and oxygen atoms in total. The summed E-state index contributed by atoms with van der Waals surface area (Å²) in [6.07, 6.45) is 0.0928. The van der Waals surface area contributed by atoms with Crippen LogP contribution in [0.15, 0.2) is 23.0 Å². The molecule has 1 aromatic carbocycles. The van der Waals surface area contributed by atoms with Gasteiger partial charge in [-0.25, -0.2) is 0 Å². The topological polar surface area (TPSA) is 56.6 Å². The molecule has 1 heterocycles. The lowest BCUT2D eigenvalue weighted by molar-refractivity contribution is 1.16. The molecule has 16 heavy (non-hydrogen) atoms. The lowest BCUT2D eigenvalue weighted by Crippen LogP contribution is -2.12. The molecule has 0 saturated carbocycles. The summed E-state index contributed by atoms with van der Waals surface area (Å²) >= 11 is 6.05. The quantitative estimate of drug-likeness (QED) is 0.822. The van der Waals surface area contributed by atoms with E-state index in [9.17, 15) is 4.79 Å². The summed E-state index contributed by atoms with van der Waals surface area (Å²) in [6.45, 7) is 1.90. The molecule has 0 amide bonds. The number of benzene rings is 1. The van der Waals surface area contributed by atoms with Crippen molar-refractivity contribution >= 4 is 22.5 Å². The van der Waals surface area contributed by atoms with Crippen molar-refractivity contribution in [3.8, 4) is 6.07 Å². The second kappa shape index (κ2) is 3.99. The second-order valence-corrected chi connectivity index (χ2v) is 4.02. The SMILES string of the molecule is Cc1ccc(Cl)c2cc(CC#N)c(=O)[nH]c12. The van der Waals surface area contributed by atoms with Gasteiger partial charge in [-0.3, -0.25) is 4.79 Å². The molecule has 0 fully saturated rings. The van der Waals surface area contributed by atoms with Gasteiger partial charge in [0.05, 0.1) is 18.0 Å². The van der Waals surface area contributed by atoms with Gasteiger partial charge in [0.1, 0.15) is 0 Å². The standard InChI is InChI=1S/C12H9ClN2O/c1-7-2-3-10(13)9-6-8(4-5-14)12(16)15-11(7)9/h2-3,6H,4H2,1H3,(H,15,16). The molecule has 1 N–H and O–H groups in total. The van der Waals surface area contributed by atoms with Crippen LogP contribution < -0.4 is 5.56 Å². The first-order valence-electron chi connectivity index (χ1n) is 4.81. The van der Waals surface area contributed by atoms with E-state index in [0.717, 1.165) is 16.5 Å². The highest BCUT2D eigenvalue weighted by Gasteiger charge is 2.07. The number of aryl methyl sites for hydroxylation is 1. The highest BCUT2D eigenvalue weighted by molar-refractivity contribution is 6.35. The van der Waals surface area contributed by atoms with Gasteiger partial charge in [-0.2, -0.15) is 5.26 Å². The first kappa shape index (κ1) is 10.7. The number of H-pyrrole nitrogens is 1. The first-order chi connectivity index (χ1) is 7.63. The Balaban J connectivity index is 2.85. The summed E-state index contributed by atoms with van der Waals surface area (Å²) in [4.78, 5) is 14.4. The largest absolute Gasteiger partial charge is 0.321 e. The van der Waals surface area contributed by atoms with E-state index < -0.39 is 0 Å². The molecule has 1 aromatic heterocycles. The summed E-state index contributed by atoms with van der Waals surface area (Å²) in [5, 5.41) is 9.97. The molecule has 2 rings (SSSR count). The normalized spacial score (nSPS) is 10.3. The molecular formula is C12H9ClN2O. The zero-order valence-electron chi connectivity index (χ0n) is 8.67. The monoisotopic (exact) mass is 232 g/mol. The van der Waals surface area contributed by atoms with Crippen molar-refractivity contribution in [3.05, 3.63) is 44.7 Å².